The smallest absolute Gasteiger partial charge is 0.246 e. The molecule has 0 unspecified atom stereocenters. The van der Waals surface area contributed by atoms with Crippen molar-refractivity contribution in [2.24, 2.45) is 0 Å². The number of carbonyl (C=O) groups is 1. The van der Waals surface area contributed by atoms with E-state index in [9.17, 15) is 4.79 Å². The van der Waals surface area contributed by atoms with Gasteiger partial charge in [0.05, 0.1) is 23.9 Å². The monoisotopic (exact) mass is 403 g/mol. The predicted molar refractivity (Wildman–Crippen MR) is 115 cm³/mol. The van der Waals surface area contributed by atoms with Crippen LogP contribution in [0.15, 0.2) is 42.9 Å². The molecule has 0 radical (unpaired) electrons. The fourth-order valence-electron chi connectivity index (χ4n) is 3.65. The van der Waals surface area contributed by atoms with Crippen LogP contribution in [0.3, 0.4) is 0 Å². The number of amides is 1. The Bertz CT molecular complexity index is 1050. The molecular weight excluding hydrogens is 378 g/mol. The van der Waals surface area contributed by atoms with E-state index >= 15 is 0 Å². The zero-order valence-corrected chi connectivity index (χ0v) is 17.2. The number of pyridine rings is 1. The van der Waals surface area contributed by atoms with Gasteiger partial charge in [-0.15, -0.1) is 0 Å². The first-order valence-electron chi connectivity index (χ1n) is 10.1. The van der Waals surface area contributed by atoms with Crippen molar-refractivity contribution in [2.75, 3.05) is 18.4 Å². The van der Waals surface area contributed by atoms with Crippen LogP contribution in [0.2, 0.25) is 0 Å². The molecule has 0 bridgehead atoms. The maximum atomic E-state index is 12.6. The van der Waals surface area contributed by atoms with Crippen molar-refractivity contribution in [3.05, 3.63) is 65.8 Å². The Morgan fingerprint density at radius 2 is 2.13 bits per heavy atom. The van der Waals surface area contributed by atoms with Crippen molar-refractivity contribution >= 4 is 23.6 Å². The molecular formula is C22H25N7O. The quantitative estimate of drug-likeness (QED) is 0.634. The van der Waals surface area contributed by atoms with Crippen LogP contribution in [0.25, 0.3) is 6.08 Å². The number of anilines is 2. The lowest BCUT2D eigenvalue weighted by Crippen LogP contribution is -2.38. The fourth-order valence-corrected chi connectivity index (χ4v) is 3.65. The number of nitrogens with zero attached hydrogens (tertiary/aromatic N) is 5. The molecule has 4 rings (SSSR count). The molecule has 2 N–H and O–H groups in total. The average Bonchev–Trinajstić information content (AvgIpc) is 3.25. The number of rotatable bonds is 5. The largest absolute Gasteiger partial charge is 0.345 e. The first-order chi connectivity index (χ1) is 14.6. The first kappa shape index (κ1) is 19.8. The second-order valence-electron chi connectivity index (χ2n) is 7.48. The SMILES string of the molecule is Cc1cccc(Nc2cc([C@@H]3CCCN(C(=O)/C=C/c4cnc[nH]4)C3)nc(C)n2)n1. The van der Waals surface area contributed by atoms with Crippen LogP contribution in [-0.4, -0.2) is 48.8 Å². The molecule has 0 aromatic carbocycles. The second kappa shape index (κ2) is 8.86. The molecule has 1 aliphatic heterocycles. The molecule has 1 atom stereocenters. The molecule has 1 aliphatic rings. The number of nitrogens with one attached hydrogen (secondary N) is 2. The van der Waals surface area contributed by atoms with Crippen LogP contribution >= 0.6 is 0 Å². The third kappa shape index (κ3) is 4.89. The minimum atomic E-state index is 0.00221. The van der Waals surface area contributed by atoms with Crippen molar-refractivity contribution < 1.29 is 4.79 Å². The van der Waals surface area contributed by atoms with Crippen LogP contribution < -0.4 is 5.32 Å². The number of likely N-dealkylation sites (tertiary alicyclic amines) is 1. The van der Waals surface area contributed by atoms with Crippen LogP contribution in [0, 0.1) is 13.8 Å². The standard InChI is InChI=1S/C22H25N7O/c1-15-5-3-7-20(25-15)28-21-11-19(26-16(2)27-21)17-6-4-10-29(13-17)22(30)9-8-18-12-23-14-24-18/h3,5,7-9,11-12,14,17H,4,6,10,13H2,1-2H3,(H,23,24)(H,25,26,27,28)/b9-8+/t17-/m1/s1. The topological polar surface area (TPSA) is 99.7 Å². The highest BCUT2D eigenvalue weighted by Crippen LogP contribution is 2.27. The number of hydrogen-bond acceptors (Lipinski definition) is 6. The van der Waals surface area contributed by atoms with Crippen molar-refractivity contribution in [2.45, 2.75) is 32.6 Å². The summed E-state index contributed by atoms with van der Waals surface area (Å²) in [5.41, 5.74) is 2.70. The number of H-pyrrole nitrogens is 1. The average molecular weight is 403 g/mol. The van der Waals surface area contributed by atoms with E-state index in [-0.39, 0.29) is 11.8 Å². The molecule has 1 saturated heterocycles. The number of carbonyl (C=O) groups excluding carboxylic acids is 1. The summed E-state index contributed by atoms with van der Waals surface area (Å²) in [6.07, 6.45) is 8.56. The van der Waals surface area contributed by atoms with E-state index in [0.29, 0.717) is 12.4 Å². The van der Waals surface area contributed by atoms with Crippen molar-refractivity contribution in [3.63, 3.8) is 0 Å². The Labute approximate surface area is 175 Å². The maximum Gasteiger partial charge on any atom is 0.246 e. The normalized spacial score (nSPS) is 16.7. The van der Waals surface area contributed by atoms with Crippen molar-refractivity contribution in [1.82, 2.24) is 29.8 Å². The zero-order chi connectivity index (χ0) is 20.9. The molecule has 1 amide bonds. The van der Waals surface area contributed by atoms with Crippen molar-refractivity contribution in [1.29, 1.82) is 0 Å². The zero-order valence-electron chi connectivity index (χ0n) is 17.2. The second-order valence-corrected chi connectivity index (χ2v) is 7.48. The Kier molecular flexibility index (Phi) is 5.83. The molecule has 1 fully saturated rings. The van der Waals surface area contributed by atoms with E-state index in [4.69, 9.17) is 0 Å². The molecule has 8 heteroatoms. The van der Waals surface area contributed by atoms with Gasteiger partial charge in [0.15, 0.2) is 0 Å². The highest BCUT2D eigenvalue weighted by atomic mass is 16.2. The maximum absolute atomic E-state index is 12.6. The summed E-state index contributed by atoms with van der Waals surface area (Å²) >= 11 is 0. The van der Waals surface area contributed by atoms with Gasteiger partial charge in [-0.05, 0) is 44.9 Å². The number of aryl methyl sites for hydroxylation is 2. The van der Waals surface area contributed by atoms with E-state index in [1.807, 2.05) is 43.0 Å². The summed E-state index contributed by atoms with van der Waals surface area (Å²) in [5, 5.41) is 3.27. The molecule has 3 aromatic rings. The van der Waals surface area contributed by atoms with Crippen LogP contribution in [0.5, 0.6) is 0 Å². The molecule has 30 heavy (non-hydrogen) atoms. The van der Waals surface area contributed by atoms with Gasteiger partial charge in [0.25, 0.3) is 0 Å². The van der Waals surface area contributed by atoms with Gasteiger partial charge in [0.2, 0.25) is 5.91 Å². The molecule has 0 saturated carbocycles. The van der Waals surface area contributed by atoms with E-state index in [1.165, 1.54) is 0 Å². The number of aromatic nitrogens is 5. The Balaban J connectivity index is 1.47. The minimum absolute atomic E-state index is 0.00221. The highest BCUT2D eigenvalue weighted by Gasteiger charge is 2.25. The number of hydrogen-bond donors (Lipinski definition) is 2. The number of piperidine rings is 1. The lowest BCUT2D eigenvalue weighted by molar-refractivity contribution is -0.127. The molecule has 4 heterocycles. The summed E-state index contributed by atoms with van der Waals surface area (Å²) in [5.74, 6) is 2.35. The van der Waals surface area contributed by atoms with Gasteiger partial charge in [-0.1, -0.05) is 6.07 Å². The molecule has 0 aliphatic carbocycles. The third-order valence-electron chi connectivity index (χ3n) is 5.08. The van der Waals surface area contributed by atoms with Gasteiger partial charge >= 0.3 is 0 Å². The third-order valence-corrected chi connectivity index (χ3v) is 5.08. The Morgan fingerprint density at radius 1 is 1.23 bits per heavy atom. The van der Waals surface area contributed by atoms with Gasteiger partial charge in [0, 0.05) is 36.8 Å². The van der Waals surface area contributed by atoms with Gasteiger partial charge in [-0.2, -0.15) is 0 Å². The Hall–Kier alpha value is -3.55. The van der Waals surface area contributed by atoms with Crippen LogP contribution in [0.4, 0.5) is 11.6 Å². The van der Waals surface area contributed by atoms with E-state index in [2.05, 4.69) is 30.2 Å². The minimum Gasteiger partial charge on any atom is -0.345 e. The number of imidazole rings is 1. The Morgan fingerprint density at radius 3 is 2.93 bits per heavy atom. The van der Waals surface area contributed by atoms with Crippen LogP contribution in [0.1, 0.15) is 41.7 Å². The predicted octanol–water partition coefficient (Wildman–Crippen LogP) is 3.37. The summed E-state index contributed by atoms with van der Waals surface area (Å²) in [6, 6.07) is 7.80. The fraction of sp³-hybridized carbons (Fsp3) is 0.318. The van der Waals surface area contributed by atoms with Crippen molar-refractivity contribution in [3.8, 4) is 0 Å². The summed E-state index contributed by atoms with van der Waals surface area (Å²) in [4.78, 5) is 35.1. The lowest BCUT2D eigenvalue weighted by Gasteiger charge is -2.32. The summed E-state index contributed by atoms with van der Waals surface area (Å²) < 4.78 is 0. The van der Waals surface area contributed by atoms with Gasteiger partial charge in [-0.3, -0.25) is 4.79 Å². The molecule has 3 aromatic heterocycles. The number of aromatic amines is 1. The molecule has 8 nitrogen and oxygen atoms in total. The summed E-state index contributed by atoms with van der Waals surface area (Å²) in [7, 11) is 0. The molecule has 154 valence electrons. The van der Waals surface area contributed by atoms with E-state index < -0.39 is 0 Å². The van der Waals surface area contributed by atoms with E-state index in [1.54, 1.807) is 24.7 Å². The highest BCUT2D eigenvalue weighted by molar-refractivity contribution is 5.91. The van der Waals surface area contributed by atoms with E-state index in [0.717, 1.165) is 48.1 Å². The van der Waals surface area contributed by atoms with Gasteiger partial charge in [0.1, 0.15) is 17.5 Å². The van der Waals surface area contributed by atoms with Gasteiger partial charge < -0.3 is 15.2 Å². The summed E-state index contributed by atoms with van der Waals surface area (Å²) in [6.45, 7) is 5.24. The molecule has 0 spiro atoms. The van der Waals surface area contributed by atoms with Crippen LogP contribution in [-0.2, 0) is 4.79 Å². The van der Waals surface area contributed by atoms with Gasteiger partial charge in [-0.25, -0.2) is 19.9 Å². The lowest BCUT2D eigenvalue weighted by atomic mass is 9.94. The first-order valence-corrected chi connectivity index (χ1v) is 10.1.